The van der Waals surface area contributed by atoms with Crippen LogP contribution in [0.2, 0.25) is 0 Å². The van der Waals surface area contributed by atoms with Gasteiger partial charge in [-0.25, -0.2) is 8.42 Å². The van der Waals surface area contributed by atoms with E-state index in [0.717, 1.165) is 51.9 Å². The highest BCUT2D eigenvalue weighted by atomic mass is 32.2. The molecule has 0 atom stereocenters. The molecule has 0 radical (unpaired) electrons. The number of nitrogens with one attached hydrogen (secondary N) is 3. The largest absolute Gasteiger partial charge is 0.506 e. The van der Waals surface area contributed by atoms with Crippen molar-refractivity contribution in [2.75, 3.05) is 51.3 Å². The Bertz CT molecular complexity index is 1420. The Balaban J connectivity index is 1.34. The third-order valence-electron chi connectivity index (χ3n) is 6.87. The first kappa shape index (κ1) is 27.4. The van der Waals surface area contributed by atoms with Gasteiger partial charge >= 0.3 is 0 Å². The van der Waals surface area contributed by atoms with Gasteiger partial charge in [0.15, 0.2) is 0 Å². The fraction of sp³-hybridized carbons (Fsp3) is 0.407. The Labute approximate surface area is 233 Å². The van der Waals surface area contributed by atoms with Crippen LogP contribution in [0.5, 0.6) is 5.75 Å². The number of amides is 1. The molecule has 0 spiro atoms. The summed E-state index contributed by atoms with van der Waals surface area (Å²) in [4.78, 5) is 29.7. The van der Waals surface area contributed by atoms with Crippen LogP contribution in [0.4, 0.5) is 34.9 Å². The van der Waals surface area contributed by atoms with Gasteiger partial charge in [-0.2, -0.15) is 15.0 Å². The maximum absolute atomic E-state index is 12.9. The maximum atomic E-state index is 12.9. The number of benzene rings is 2. The van der Waals surface area contributed by atoms with Gasteiger partial charge in [0.25, 0.3) is 10.0 Å². The van der Waals surface area contributed by atoms with Crippen molar-refractivity contribution in [1.29, 1.82) is 0 Å². The highest BCUT2D eigenvalue weighted by Gasteiger charge is 2.21. The summed E-state index contributed by atoms with van der Waals surface area (Å²) in [5, 5.41) is 16.4. The molecule has 1 aromatic heterocycles. The first-order chi connectivity index (χ1) is 19.3. The fourth-order valence-electron chi connectivity index (χ4n) is 4.83. The van der Waals surface area contributed by atoms with Crippen LogP contribution < -0.4 is 25.2 Å². The summed E-state index contributed by atoms with van der Waals surface area (Å²) in [5.41, 5.74) is 1.01. The number of nitrogens with zero attached hydrogens (tertiary/aromatic N) is 5. The molecule has 2 saturated heterocycles. The van der Waals surface area contributed by atoms with Crippen LogP contribution in [0.1, 0.15) is 45.4 Å². The Morgan fingerprint density at radius 3 is 1.88 bits per heavy atom. The normalized spacial score (nSPS) is 15.9. The number of aromatic nitrogens is 3. The van der Waals surface area contributed by atoms with Crippen molar-refractivity contribution in [3.05, 3.63) is 42.5 Å². The van der Waals surface area contributed by atoms with E-state index < -0.39 is 10.0 Å². The topological polar surface area (TPSA) is 153 Å². The van der Waals surface area contributed by atoms with Crippen molar-refractivity contribution >= 4 is 50.8 Å². The standard InChI is InChI=1S/C27H34N8O4S/c1-19(36)28-20-8-11-22(12-9-20)40(38,39)33-23-13-10-21(18-24(23)37)29-25-30-26(34-14-4-2-5-15-34)32-27(31-25)35-16-6-3-7-17-35/h8-13,18,33,37H,2-7,14-17H2,1H3,(H,28,36)(H,29,30,31,32). The Morgan fingerprint density at radius 1 is 0.800 bits per heavy atom. The van der Waals surface area contributed by atoms with Crippen LogP contribution >= 0.6 is 0 Å². The number of phenols is 1. The summed E-state index contributed by atoms with van der Waals surface area (Å²) in [5.74, 6) is 1.12. The SMILES string of the molecule is CC(=O)Nc1ccc(S(=O)(=O)Nc2ccc(Nc3nc(N4CCCCC4)nc(N4CCCCC4)n3)cc2O)cc1. The molecule has 12 nitrogen and oxygen atoms in total. The average molecular weight is 567 g/mol. The third kappa shape index (κ3) is 6.71. The molecule has 2 aliphatic rings. The molecule has 0 aliphatic carbocycles. The van der Waals surface area contributed by atoms with Crippen LogP contribution in [0.15, 0.2) is 47.4 Å². The van der Waals surface area contributed by atoms with E-state index in [0.29, 0.717) is 29.2 Å². The quantitative estimate of drug-likeness (QED) is 0.294. The van der Waals surface area contributed by atoms with Gasteiger partial charge in [0, 0.05) is 50.5 Å². The van der Waals surface area contributed by atoms with E-state index in [4.69, 9.17) is 4.98 Å². The molecular formula is C27H34N8O4S. The Kier molecular flexibility index (Phi) is 8.19. The molecule has 4 N–H and O–H groups in total. The van der Waals surface area contributed by atoms with Crippen molar-refractivity contribution < 1.29 is 18.3 Å². The third-order valence-corrected chi connectivity index (χ3v) is 8.25. The molecular weight excluding hydrogens is 532 g/mol. The molecule has 2 fully saturated rings. The van der Waals surface area contributed by atoms with E-state index in [2.05, 4.69) is 35.1 Å². The van der Waals surface area contributed by atoms with Crippen LogP contribution in [0.3, 0.4) is 0 Å². The van der Waals surface area contributed by atoms with Gasteiger partial charge in [-0.3, -0.25) is 9.52 Å². The van der Waals surface area contributed by atoms with E-state index in [-0.39, 0.29) is 22.2 Å². The molecule has 0 bridgehead atoms. The van der Waals surface area contributed by atoms with Crippen LogP contribution in [-0.4, -0.2) is 60.6 Å². The number of aromatic hydroxyl groups is 1. The van der Waals surface area contributed by atoms with Crippen molar-refractivity contribution in [3.8, 4) is 5.75 Å². The van der Waals surface area contributed by atoms with Gasteiger partial charge in [0.2, 0.25) is 23.8 Å². The summed E-state index contributed by atoms with van der Waals surface area (Å²) in [7, 11) is -3.98. The first-order valence-electron chi connectivity index (χ1n) is 13.5. The van der Waals surface area contributed by atoms with Crippen molar-refractivity contribution in [2.45, 2.75) is 50.3 Å². The molecule has 0 saturated carbocycles. The second kappa shape index (κ2) is 11.9. The number of carbonyl (C=O) groups excluding carboxylic acids is 1. The summed E-state index contributed by atoms with van der Waals surface area (Å²) in [6.45, 7) is 4.96. The number of carbonyl (C=O) groups is 1. The summed E-state index contributed by atoms with van der Waals surface area (Å²) in [6, 6.07) is 10.3. The highest BCUT2D eigenvalue weighted by molar-refractivity contribution is 7.92. The number of hydrogen-bond acceptors (Lipinski definition) is 10. The maximum Gasteiger partial charge on any atom is 0.262 e. The lowest BCUT2D eigenvalue weighted by atomic mass is 10.1. The van der Waals surface area contributed by atoms with E-state index >= 15 is 0 Å². The summed E-state index contributed by atoms with van der Waals surface area (Å²) in [6.07, 6.45) is 6.78. The van der Waals surface area contributed by atoms with Crippen LogP contribution in [0.25, 0.3) is 0 Å². The minimum Gasteiger partial charge on any atom is -0.506 e. The van der Waals surface area contributed by atoms with Crippen molar-refractivity contribution in [2.24, 2.45) is 0 Å². The smallest absolute Gasteiger partial charge is 0.262 e. The molecule has 2 aromatic carbocycles. The number of piperidine rings is 2. The van der Waals surface area contributed by atoms with Crippen LogP contribution in [-0.2, 0) is 14.8 Å². The Morgan fingerprint density at radius 2 is 1.35 bits per heavy atom. The summed E-state index contributed by atoms with van der Waals surface area (Å²) >= 11 is 0. The second-order valence-electron chi connectivity index (χ2n) is 10.0. The van der Waals surface area contributed by atoms with Crippen molar-refractivity contribution in [3.63, 3.8) is 0 Å². The molecule has 2 aliphatic heterocycles. The molecule has 212 valence electrons. The molecule has 1 amide bonds. The lowest BCUT2D eigenvalue weighted by Crippen LogP contribution is -2.34. The highest BCUT2D eigenvalue weighted by Crippen LogP contribution is 2.31. The lowest BCUT2D eigenvalue weighted by Gasteiger charge is -2.30. The number of hydrogen-bond donors (Lipinski definition) is 4. The molecule has 3 aromatic rings. The fourth-order valence-corrected chi connectivity index (χ4v) is 5.90. The minimum atomic E-state index is -3.98. The molecule has 5 rings (SSSR count). The van der Waals surface area contributed by atoms with Gasteiger partial charge in [0.1, 0.15) is 5.75 Å². The number of phenolic OH excluding ortho intramolecular Hbond substituents is 1. The van der Waals surface area contributed by atoms with Gasteiger partial charge in [0.05, 0.1) is 10.6 Å². The lowest BCUT2D eigenvalue weighted by molar-refractivity contribution is -0.114. The minimum absolute atomic E-state index is 0.0103. The zero-order valence-corrected chi connectivity index (χ0v) is 23.2. The Hall–Kier alpha value is -4.13. The second-order valence-corrected chi connectivity index (χ2v) is 11.7. The molecule has 0 unspecified atom stereocenters. The van der Waals surface area contributed by atoms with E-state index in [1.165, 1.54) is 56.2 Å². The molecule has 3 heterocycles. The predicted molar refractivity (Wildman–Crippen MR) is 155 cm³/mol. The first-order valence-corrected chi connectivity index (χ1v) is 15.0. The van der Waals surface area contributed by atoms with E-state index in [9.17, 15) is 18.3 Å². The molecule has 13 heteroatoms. The van der Waals surface area contributed by atoms with Gasteiger partial charge < -0.3 is 25.5 Å². The monoisotopic (exact) mass is 566 g/mol. The van der Waals surface area contributed by atoms with Crippen LogP contribution in [0, 0.1) is 0 Å². The molecule has 40 heavy (non-hydrogen) atoms. The number of anilines is 6. The van der Waals surface area contributed by atoms with Gasteiger partial charge in [-0.15, -0.1) is 0 Å². The predicted octanol–water partition coefficient (Wildman–Crippen LogP) is 4.06. The van der Waals surface area contributed by atoms with Gasteiger partial charge in [-0.1, -0.05) is 0 Å². The van der Waals surface area contributed by atoms with Crippen molar-refractivity contribution in [1.82, 2.24) is 15.0 Å². The van der Waals surface area contributed by atoms with E-state index in [1.54, 1.807) is 6.07 Å². The van der Waals surface area contributed by atoms with Gasteiger partial charge in [-0.05, 0) is 74.9 Å². The summed E-state index contributed by atoms with van der Waals surface area (Å²) < 4.78 is 28.2. The van der Waals surface area contributed by atoms with E-state index in [1.807, 2.05) is 0 Å². The zero-order valence-electron chi connectivity index (χ0n) is 22.4. The zero-order chi connectivity index (χ0) is 28.1. The number of sulfonamides is 1. The number of rotatable bonds is 8. The average Bonchev–Trinajstić information content (AvgIpc) is 2.95.